The Hall–Kier alpha value is -1.81. The van der Waals surface area contributed by atoms with Crippen LogP contribution in [-0.4, -0.2) is 14.7 Å². The summed E-state index contributed by atoms with van der Waals surface area (Å²) in [6.07, 6.45) is 8.90. The number of fused-ring (bicyclic) bond motifs is 1. The van der Waals surface area contributed by atoms with Crippen LogP contribution in [0.3, 0.4) is 0 Å². The SMILES string of the molecule is O[C@@H]1CCCc2ccc(OCc3cncn3C3CC3)cc21. The Labute approximate surface area is 124 Å². The van der Waals surface area contributed by atoms with Gasteiger partial charge in [0, 0.05) is 6.04 Å². The summed E-state index contributed by atoms with van der Waals surface area (Å²) in [6.45, 7) is 0.533. The highest BCUT2D eigenvalue weighted by Crippen LogP contribution is 2.36. The molecule has 21 heavy (non-hydrogen) atoms. The average molecular weight is 284 g/mol. The summed E-state index contributed by atoms with van der Waals surface area (Å²) >= 11 is 0. The van der Waals surface area contributed by atoms with E-state index in [0.717, 1.165) is 36.3 Å². The van der Waals surface area contributed by atoms with Gasteiger partial charge in [0.15, 0.2) is 0 Å². The molecule has 0 aliphatic heterocycles. The summed E-state index contributed by atoms with van der Waals surface area (Å²) in [4.78, 5) is 4.22. The molecule has 1 heterocycles. The predicted octanol–water partition coefficient (Wildman–Crippen LogP) is 3.17. The predicted molar refractivity (Wildman–Crippen MR) is 79.2 cm³/mol. The minimum Gasteiger partial charge on any atom is -0.487 e. The number of benzene rings is 1. The molecule has 4 heteroatoms. The zero-order valence-electron chi connectivity index (χ0n) is 12.0. The van der Waals surface area contributed by atoms with E-state index >= 15 is 0 Å². The van der Waals surface area contributed by atoms with Crippen LogP contribution in [0, 0.1) is 0 Å². The van der Waals surface area contributed by atoms with Gasteiger partial charge in [-0.15, -0.1) is 0 Å². The normalized spacial score (nSPS) is 21.1. The fraction of sp³-hybridized carbons (Fsp3) is 0.471. The first kappa shape index (κ1) is 12.9. The van der Waals surface area contributed by atoms with Crippen LogP contribution < -0.4 is 4.74 Å². The highest BCUT2D eigenvalue weighted by atomic mass is 16.5. The Bertz CT molecular complexity index is 646. The standard InChI is InChI=1S/C17H20N2O2/c20-17-3-1-2-12-4-7-15(8-16(12)17)21-10-14-9-18-11-19(14)13-5-6-13/h4,7-9,11,13,17,20H,1-3,5-6,10H2/t17-/m1/s1. The highest BCUT2D eigenvalue weighted by molar-refractivity contribution is 5.38. The van der Waals surface area contributed by atoms with Gasteiger partial charge in [-0.05, 0) is 55.4 Å². The molecule has 2 aliphatic rings. The van der Waals surface area contributed by atoms with Crippen molar-refractivity contribution in [3.63, 3.8) is 0 Å². The Kier molecular flexibility index (Phi) is 3.19. The number of imidazole rings is 1. The van der Waals surface area contributed by atoms with Crippen molar-refractivity contribution in [3.8, 4) is 5.75 Å². The van der Waals surface area contributed by atoms with Gasteiger partial charge in [-0.3, -0.25) is 0 Å². The summed E-state index contributed by atoms with van der Waals surface area (Å²) < 4.78 is 8.13. The van der Waals surface area contributed by atoms with Crippen molar-refractivity contribution in [1.82, 2.24) is 9.55 Å². The molecule has 1 aromatic heterocycles. The minimum absolute atomic E-state index is 0.339. The smallest absolute Gasteiger partial charge is 0.130 e. The number of aliphatic hydroxyl groups excluding tert-OH is 1. The largest absolute Gasteiger partial charge is 0.487 e. The van der Waals surface area contributed by atoms with Crippen molar-refractivity contribution in [3.05, 3.63) is 47.5 Å². The molecule has 1 fully saturated rings. The first-order chi connectivity index (χ1) is 10.3. The van der Waals surface area contributed by atoms with Crippen LogP contribution in [0.15, 0.2) is 30.7 Å². The lowest BCUT2D eigenvalue weighted by Crippen LogP contribution is -2.09. The molecule has 0 unspecified atom stereocenters. The zero-order chi connectivity index (χ0) is 14.2. The summed E-state index contributed by atoms with van der Waals surface area (Å²) in [5, 5.41) is 10.1. The summed E-state index contributed by atoms with van der Waals surface area (Å²) in [5.74, 6) is 0.832. The zero-order valence-corrected chi connectivity index (χ0v) is 12.0. The molecule has 110 valence electrons. The number of nitrogens with zero attached hydrogens (tertiary/aromatic N) is 2. The number of ether oxygens (including phenoxy) is 1. The van der Waals surface area contributed by atoms with Gasteiger partial charge in [0.05, 0.1) is 24.3 Å². The lowest BCUT2D eigenvalue weighted by molar-refractivity contribution is 0.156. The van der Waals surface area contributed by atoms with Gasteiger partial charge in [0.2, 0.25) is 0 Å². The third-order valence-corrected chi connectivity index (χ3v) is 4.47. The van der Waals surface area contributed by atoms with Crippen molar-refractivity contribution in [2.24, 2.45) is 0 Å². The van der Waals surface area contributed by atoms with Crippen molar-refractivity contribution in [2.75, 3.05) is 0 Å². The van der Waals surface area contributed by atoms with Crippen molar-refractivity contribution < 1.29 is 9.84 Å². The van der Waals surface area contributed by atoms with E-state index in [-0.39, 0.29) is 6.10 Å². The van der Waals surface area contributed by atoms with E-state index in [0.29, 0.717) is 12.6 Å². The van der Waals surface area contributed by atoms with E-state index in [1.165, 1.54) is 18.4 Å². The molecule has 1 saturated carbocycles. The molecule has 0 saturated heterocycles. The molecule has 2 aliphatic carbocycles. The fourth-order valence-electron chi connectivity index (χ4n) is 3.12. The Morgan fingerprint density at radius 1 is 1.29 bits per heavy atom. The lowest BCUT2D eigenvalue weighted by Gasteiger charge is -2.22. The van der Waals surface area contributed by atoms with Crippen molar-refractivity contribution in [1.29, 1.82) is 0 Å². The lowest BCUT2D eigenvalue weighted by atomic mass is 9.89. The van der Waals surface area contributed by atoms with E-state index < -0.39 is 0 Å². The number of aliphatic hydroxyl groups is 1. The number of aromatic nitrogens is 2. The van der Waals surface area contributed by atoms with E-state index in [1.807, 2.05) is 24.7 Å². The molecule has 0 bridgehead atoms. The van der Waals surface area contributed by atoms with Crippen LogP contribution in [0.25, 0.3) is 0 Å². The molecule has 1 N–H and O–H groups in total. The van der Waals surface area contributed by atoms with Crippen LogP contribution in [0.5, 0.6) is 5.75 Å². The highest BCUT2D eigenvalue weighted by Gasteiger charge is 2.25. The second-order valence-electron chi connectivity index (χ2n) is 6.08. The van der Waals surface area contributed by atoms with Gasteiger partial charge in [0.1, 0.15) is 12.4 Å². The van der Waals surface area contributed by atoms with E-state index in [1.54, 1.807) is 0 Å². The molecule has 1 atom stereocenters. The monoisotopic (exact) mass is 284 g/mol. The van der Waals surface area contributed by atoms with Crippen LogP contribution in [0.1, 0.15) is 54.6 Å². The van der Waals surface area contributed by atoms with E-state index in [4.69, 9.17) is 4.74 Å². The molecule has 0 radical (unpaired) electrons. The third-order valence-electron chi connectivity index (χ3n) is 4.47. The summed E-state index contributed by atoms with van der Waals surface area (Å²) in [6, 6.07) is 6.72. The summed E-state index contributed by atoms with van der Waals surface area (Å²) in [5.41, 5.74) is 3.41. The van der Waals surface area contributed by atoms with Crippen LogP contribution in [0.4, 0.5) is 0 Å². The van der Waals surface area contributed by atoms with Crippen molar-refractivity contribution >= 4 is 0 Å². The number of aryl methyl sites for hydroxylation is 1. The third kappa shape index (κ3) is 2.56. The van der Waals surface area contributed by atoms with Gasteiger partial charge in [0.25, 0.3) is 0 Å². The molecule has 4 nitrogen and oxygen atoms in total. The van der Waals surface area contributed by atoms with Gasteiger partial charge in [-0.2, -0.15) is 0 Å². The van der Waals surface area contributed by atoms with Gasteiger partial charge in [-0.25, -0.2) is 4.98 Å². The fourth-order valence-corrected chi connectivity index (χ4v) is 3.12. The second-order valence-corrected chi connectivity index (χ2v) is 6.08. The number of hydrogen-bond donors (Lipinski definition) is 1. The Balaban J connectivity index is 1.49. The maximum atomic E-state index is 10.1. The van der Waals surface area contributed by atoms with Crippen LogP contribution in [-0.2, 0) is 13.0 Å². The maximum Gasteiger partial charge on any atom is 0.130 e. The number of rotatable bonds is 4. The molecule has 1 aromatic carbocycles. The van der Waals surface area contributed by atoms with E-state index in [9.17, 15) is 5.11 Å². The van der Waals surface area contributed by atoms with Crippen LogP contribution in [0.2, 0.25) is 0 Å². The van der Waals surface area contributed by atoms with Gasteiger partial charge in [-0.1, -0.05) is 6.07 Å². The molecular formula is C17H20N2O2. The molecular weight excluding hydrogens is 264 g/mol. The van der Waals surface area contributed by atoms with Gasteiger partial charge < -0.3 is 14.4 Å². The molecule has 0 amide bonds. The first-order valence-electron chi connectivity index (χ1n) is 7.75. The average Bonchev–Trinajstić information content (AvgIpc) is 3.24. The van der Waals surface area contributed by atoms with Gasteiger partial charge >= 0.3 is 0 Å². The molecule has 4 rings (SSSR count). The second kappa shape index (κ2) is 5.19. The Morgan fingerprint density at radius 3 is 3.05 bits per heavy atom. The minimum atomic E-state index is -0.339. The summed E-state index contributed by atoms with van der Waals surface area (Å²) in [7, 11) is 0. The van der Waals surface area contributed by atoms with Crippen molar-refractivity contribution in [2.45, 2.75) is 50.9 Å². The molecule has 2 aromatic rings. The maximum absolute atomic E-state index is 10.1. The number of hydrogen-bond acceptors (Lipinski definition) is 3. The quantitative estimate of drug-likeness (QED) is 0.938. The topological polar surface area (TPSA) is 47.3 Å². The molecule has 0 spiro atoms. The van der Waals surface area contributed by atoms with E-state index in [2.05, 4.69) is 15.6 Å². The Morgan fingerprint density at radius 2 is 2.19 bits per heavy atom. The first-order valence-corrected chi connectivity index (χ1v) is 7.75. The van der Waals surface area contributed by atoms with Crippen LogP contribution >= 0.6 is 0 Å².